The molecule has 33 heavy (non-hydrogen) atoms. The van der Waals surface area contributed by atoms with Crippen LogP contribution in [0, 0.1) is 11.3 Å². The lowest BCUT2D eigenvalue weighted by Gasteiger charge is -2.35. The minimum absolute atomic E-state index is 0.00956. The van der Waals surface area contributed by atoms with Gasteiger partial charge in [-0.1, -0.05) is 6.07 Å². The molecule has 1 aliphatic heterocycles. The number of piperazine rings is 1. The number of anilines is 1. The van der Waals surface area contributed by atoms with Crippen molar-refractivity contribution in [1.29, 1.82) is 5.26 Å². The smallest absolute Gasteiger partial charge is 0.212 e. The molecule has 3 N–H and O–H groups in total. The molecule has 168 valence electrons. The summed E-state index contributed by atoms with van der Waals surface area (Å²) in [5.74, 6) is 1.51. The Balaban J connectivity index is 1.43. The van der Waals surface area contributed by atoms with Crippen molar-refractivity contribution in [3.05, 3.63) is 66.4 Å². The van der Waals surface area contributed by atoms with Gasteiger partial charge in [0.15, 0.2) is 0 Å². The average Bonchev–Trinajstić information content (AvgIpc) is 2.86. The van der Waals surface area contributed by atoms with Gasteiger partial charge in [0, 0.05) is 68.5 Å². The fourth-order valence-corrected chi connectivity index (χ4v) is 3.81. The van der Waals surface area contributed by atoms with Gasteiger partial charge in [0.05, 0.1) is 24.6 Å². The Bertz CT molecular complexity index is 1160. The molecule has 0 amide bonds. The molecule has 0 radical (unpaired) electrons. The van der Waals surface area contributed by atoms with Gasteiger partial charge in [-0.15, -0.1) is 0 Å². The predicted octanol–water partition coefficient (Wildman–Crippen LogP) is 2.40. The van der Waals surface area contributed by atoms with E-state index < -0.39 is 0 Å². The van der Waals surface area contributed by atoms with E-state index in [1.165, 1.54) is 12.4 Å². The van der Waals surface area contributed by atoms with Crippen LogP contribution in [0.25, 0.3) is 16.7 Å². The molecule has 1 saturated heterocycles. The number of aromatic hydroxyl groups is 1. The standard InChI is InChI=1S/C24H25N7O2/c1-33-23-5-2-17(13-28-23)16-30-6-8-31(9-7-30)22-4-3-18(14-27-22)21-10-20(32)15-29-24(21)19(11-25)12-26/h2-5,10-11,13-15,32H,6-9,16,25H2,1H3. The Morgan fingerprint density at radius 2 is 1.94 bits per heavy atom. The van der Waals surface area contributed by atoms with Crippen LogP contribution in [0.2, 0.25) is 0 Å². The first-order valence-electron chi connectivity index (χ1n) is 10.6. The van der Waals surface area contributed by atoms with Crippen LogP contribution in [0.4, 0.5) is 5.82 Å². The van der Waals surface area contributed by atoms with Gasteiger partial charge in [-0.25, -0.2) is 9.97 Å². The molecule has 1 fully saturated rings. The van der Waals surface area contributed by atoms with Gasteiger partial charge in [0.1, 0.15) is 17.6 Å². The Hall–Kier alpha value is -4.16. The molecule has 9 heteroatoms. The molecule has 0 atom stereocenters. The van der Waals surface area contributed by atoms with Crippen LogP contribution >= 0.6 is 0 Å². The third kappa shape index (κ3) is 5.02. The van der Waals surface area contributed by atoms with E-state index in [0.29, 0.717) is 17.1 Å². The number of hydrogen-bond donors (Lipinski definition) is 2. The van der Waals surface area contributed by atoms with E-state index in [1.807, 2.05) is 36.5 Å². The van der Waals surface area contributed by atoms with Crippen molar-refractivity contribution in [2.45, 2.75) is 6.54 Å². The van der Waals surface area contributed by atoms with Crippen molar-refractivity contribution >= 4 is 11.4 Å². The highest BCUT2D eigenvalue weighted by Gasteiger charge is 2.19. The Morgan fingerprint density at radius 1 is 1.12 bits per heavy atom. The highest BCUT2D eigenvalue weighted by molar-refractivity contribution is 5.85. The van der Waals surface area contributed by atoms with E-state index in [1.54, 1.807) is 19.4 Å². The van der Waals surface area contributed by atoms with Crippen molar-refractivity contribution in [2.24, 2.45) is 5.73 Å². The second-order valence-corrected chi connectivity index (χ2v) is 7.66. The molecule has 9 nitrogen and oxygen atoms in total. The zero-order valence-corrected chi connectivity index (χ0v) is 18.3. The van der Waals surface area contributed by atoms with Crippen molar-refractivity contribution in [3.63, 3.8) is 0 Å². The second kappa shape index (κ2) is 9.97. The van der Waals surface area contributed by atoms with E-state index in [9.17, 15) is 10.4 Å². The van der Waals surface area contributed by atoms with E-state index in [4.69, 9.17) is 10.5 Å². The van der Waals surface area contributed by atoms with Gasteiger partial charge < -0.3 is 20.5 Å². The number of methoxy groups -OCH3 is 1. The SMILES string of the molecule is COc1ccc(CN2CCN(c3ccc(-c4cc(O)cnc4C(C#N)=CN)cn3)CC2)cn1. The maximum absolute atomic E-state index is 9.90. The summed E-state index contributed by atoms with van der Waals surface area (Å²) >= 11 is 0. The van der Waals surface area contributed by atoms with Crippen LogP contribution in [0.5, 0.6) is 11.6 Å². The number of nitrogens with two attached hydrogens (primary N) is 1. The third-order valence-electron chi connectivity index (χ3n) is 5.58. The topological polar surface area (TPSA) is 124 Å². The zero-order chi connectivity index (χ0) is 23.2. The summed E-state index contributed by atoms with van der Waals surface area (Å²) in [6.07, 6.45) is 6.10. The van der Waals surface area contributed by atoms with Gasteiger partial charge in [-0.05, 0) is 23.8 Å². The third-order valence-corrected chi connectivity index (χ3v) is 5.58. The van der Waals surface area contributed by atoms with E-state index in [-0.39, 0.29) is 11.3 Å². The highest BCUT2D eigenvalue weighted by Crippen LogP contribution is 2.30. The van der Waals surface area contributed by atoms with Crippen molar-refractivity contribution in [2.75, 3.05) is 38.2 Å². The molecule has 0 saturated carbocycles. The first-order chi connectivity index (χ1) is 16.1. The van der Waals surface area contributed by atoms with E-state index >= 15 is 0 Å². The van der Waals surface area contributed by atoms with Crippen LogP contribution in [0.1, 0.15) is 11.3 Å². The van der Waals surface area contributed by atoms with E-state index in [2.05, 4.69) is 24.8 Å². The summed E-state index contributed by atoms with van der Waals surface area (Å²) < 4.78 is 5.12. The maximum Gasteiger partial charge on any atom is 0.212 e. The van der Waals surface area contributed by atoms with E-state index in [0.717, 1.165) is 49.7 Å². The molecular formula is C24H25N7O2. The summed E-state index contributed by atoms with van der Waals surface area (Å²) in [4.78, 5) is 17.7. The Labute approximate surface area is 192 Å². The van der Waals surface area contributed by atoms with Crippen molar-refractivity contribution < 1.29 is 9.84 Å². The van der Waals surface area contributed by atoms with Crippen LogP contribution in [-0.4, -0.2) is 58.2 Å². The first-order valence-corrected chi connectivity index (χ1v) is 10.6. The fourth-order valence-electron chi connectivity index (χ4n) is 3.81. The molecule has 0 aliphatic carbocycles. The molecule has 0 aromatic carbocycles. The largest absolute Gasteiger partial charge is 0.506 e. The van der Waals surface area contributed by atoms with Crippen LogP contribution < -0.4 is 15.4 Å². The quantitative estimate of drug-likeness (QED) is 0.553. The Morgan fingerprint density at radius 3 is 2.55 bits per heavy atom. The van der Waals surface area contributed by atoms with Crippen LogP contribution in [0.15, 0.2) is 55.1 Å². The Kier molecular flexibility index (Phi) is 6.66. The fraction of sp³-hybridized carbons (Fsp3) is 0.250. The molecule has 1 aliphatic rings. The number of pyridine rings is 3. The molecule has 4 heterocycles. The summed E-state index contributed by atoms with van der Waals surface area (Å²) in [5.41, 5.74) is 8.72. The van der Waals surface area contributed by atoms with Crippen LogP contribution in [0.3, 0.4) is 0 Å². The van der Waals surface area contributed by atoms with Gasteiger partial charge in [-0.3, -0.25) is 9.88 Å². The lowest BCUT2D eigenvalue weighted by molar-refractivity contribution is 0.249. The van der Waals surface area contributed by atoms with Gasteiger partial charge in [0.2, 0.25) is 5.88 Å². The zero-order valence-electron chi connectivity index (χ0n) is 18.3. The summed E-state index contributed by atoms with van der Waals surface area (Å²) in [7, 11) is 1.61. The van der Waals surface area contributed by atoms with Gasteiger partial charge >= 0.3 is 0 Å². The van der Waals surface area contributed by atoms with Crippen molar-refractivity contribution in [1.82, 2.24) is 19.9 Å². The molecule has 0 bridgehead atoms. The molecule has 0 unspecified atom stereocenters. The summed E-state index contributed by atoms with van der Waals surface area (Å²) in [6.45, 7) is 4.42. The number of nitriles is 1. The number of aromatic nitrogens is 3. The molecule has 3 aromatic heterocycles. The monoisotopic (exact) mass is 443 g/mol. The molecule has 4 rings (SSSR count). The molecule has 0 spiro atoms. The summed E-state index contributed by atoms with van der Waals surface area (Å²) in [5, 5.41) is 19.2. The number of hydrogen-bond acceptors (Lipinski definition) is 9. The lowest BCUT2D eigenvalue weighted by Crippen LogP contribution is -2.46. The molecular weight excluding hydrogens is 418 g/mol. The van der Waals surface area contributed by atoms with Crippen LogP contribution in [-0.2, 0) is 6.54 Å². The number of allylic oxidation sites excluding steroid dienone is 1. The van der Waals surface area contributed by atoms with Crippen molar-refractivity contribution in [3.8, 4) is 28.8 Å². The second-order valence-electron chi connectivity index (χ2n) is 7.66. The number of ether oxygens (including phenoxy) is 1. The number of rotatable bonds is 6. The minimum Gasteiger partial charge on any atom is -0.506 e. The maximum atomic E-state index is 9.90. The van der Waals surface area contributed by atoms with Gasteiger partial charge in [-0.2, -0.15) is 5.26 Å². The predicted molar refractivity (Wildman–Crippen MR) is 125 cm³/mol. The average molecular weight is 444 g/mol. The normalized spacial score (nSPS) is 14.7. The first kappa shape index (κ1) is 22.0. The highest BCUT2D eigenvalue weighted by atomic mass is 16.5. The molecule has 3 aromatic rings. The minimum atomic E-state index is 0.00956. The lowest BCUT2D eigenvalue weighted by atomic mass is 10.0. The number of nitrogens with zero attached hydrogens (tertiary/aromatic N) is 6. The van der Waals surface area contributed by atoms with Gasteiger partial charge in [0.25, 0.3) is 0 Å². The summed E-state index contributed by atoms with van der Waals surface area (Å²) in [6, 6.07) is 11.4.